The van der Waals surface area contributed by atoms with Crippen LogP contribution in [0, 0.1) is 5.92 Å². The number of ketones is 1. The molecule has 3 nitrogen and oxygen atoms in total. The Kier molecular flexibility index (Phi) is 5.79. The molecular formula is C24H29NO2. The normalized spacial score (nSPS) is 25.1. The summed E-state index contributed by atoms with van der Waals surface area (Å²) >= 11 is 0. The first kappa shape index (κ1) is 19.3. The van der Waals surface area contributed by atoms with Gasteiger partial charge in [0.05, 0.1) is 5.54 Å². The third-order valence-electron chi connectivity index (χ3n) is 6.01. The van der Waals surface area contributed by atoms with E-state index in [9.17, 15) is 9.59 Å². The van der Waals surface area contributed by atoms with Crippen LogP contribution < -0.4 is 5.32 Å². The van der Waals surface area contributed by atoms with Crippen molar-refractivity contribution in [3.63, 3.8) is 0 Å². The summed E-state index contributed by atoms with van der Waals surface area (Å²) < 4.78 is 0. The van der Waals surface area contributed by atoms with Gasteiger partial charge < -0.3 is 5.32 Å². The van der Waals surface area contributed by atoms with Crippen LogP contribution in [0.2, 0.25) is 0 Å². The molecule has 142 valence electrons. The Morgan fingerprint density at radius 3 is 2.78 bits per heavy atom. The minimum absolute atomic E-state index is 0.0588. The molecule has 1 aliphatic carbocycles. The summed E-state index contributed by atoms with van der Waals surface area (Å²) in [6.07, 6.45) is 10.4. The highest BCUT2D eigenvalue weighted by Gasteiger charge is 2.43. The van der Waals surface area contributed by atoms with Crippen LogP contribution in [0.4, 0.5) is 0 Å². The van der Waals surface area contributed by atoms with E-state index in [1.807, 2.05) is 24.3 Å². The lowest BCUT2D eigenvalue weighted by molar-refractivity contribution is -0.124. The first-order chi connectivity index (χ1) is 13.0. The van der Waals surface area contributed by atoms with E-state index in [1.54, 1.807) is 0 Å². The molecule has 1 aromatic carbocycles. The van der Waals surface area contributed by atoms with Gasteiger partial charge in [0, 0.05) is 24.3 Å². The molecule has 1 aliphatic heterocycles. The van der Waals surface area contributed by atoms with Gasteiger partial charge in [0.2, 0.25) is 5.91 Å². The van der Waals surface area contributed by atoms with Crippen molar-refractivity contribution in [3.05, 3.63) is 71.3 Å². The van der Waals surface area contributed by atoms with Gasteiger partial charge in [-0.05, 0) is 38.2 Å². The molecule has 3 rings (SSSR count). The van der Waals surface area contributed by atoms with E-state index in [0.29, 0.717) is 25.7 Å². The summed E-state index contributed by atoms with van der Waals surface area (Å²) in [5, 5.41) is 3.23. The summed E-state index contributed by atoms with van der Waals surface area (Å²) in [6, 6.07) is 7.82. The molecule has 2 atom stereocenters. The Morgan fingerprint density at radius 2 is 2.07 bits per heavy atom. The van der Waals surface area contributed by atoms with Gasteiger partial charge in [0.15, 0.2) is 5.78 Å². The second kappa shape index (κ2) is 8.08. The lowest BCUT2D eigenvalue weighted by Crippen LogP contribution is -2.57. The Bertz CT molecular complexity index is 817. The molecule has 0 spiro atoms. The van der Waals surface area contributed by atoms with Gasteiger partial charge in [-0.3, -0.25) is 9.59 Å². The molecule has 0 bridgehead atoms. The van der Waals surface area contributed by atoms with Crippen molar-refractivity contribution >= 4 is 11.7 Å². The molecular weight excluding hydrogens is 334 g/mol. The van der Waals surface area contributed by atoms with Crippen molar-refractivity contribution in [1.82, 2.24) is 5.32 Å². The lowest BCUT2D eigenvalue weighted by atomic mass is 9.68. The number of aryl methyl sites for hydroxylation is 1. The molecule has 0 aromatic heterocycles. The van der Waals surface area contributed by atoms with E-state index in [0.717, 1.165) is 29.5 Å². The number of benzene rings is 1. The number of hydrogen-bond donors (Lipinski definition) is 1. The van der Waals surface area contributed by atoms with Crippen LogP contribution in [0.1, 0.15) is 61.9 Å². The van der Waals surface area contributed by atoms with E-state index in [2.05, 4.69) is 44.0 Å². The molecule has 1 saturated heterocycles. The van der Waals surface area contributed by atoms with Gasteiger partial charge >= 0.3 is 0 Å². The van der Waals surface area contributed by atoms with Gasteiger partial charge in [-0.25, -0.2) is 0 Å². The van der Waals surface area contributed by atoms with Crippen LogP contribution >= 0.6 is 0 Å². The van der Waals surface area contributed by atoms with Gasteiger partial charge in [-0.2, -0.15) is 0 Å². The molecule has 1 N–H and O–H groups in total. The SMILES string of the molecule is C=C1CCC(=O)N[C@]1(CCC(=O)c1ccccc1CC)C1C=CC(C)=CC1. The fourth-order valence-electron chi connectivity index (χ4n) is 4.31. The summed E-state index contributed by atoms with van der Waals surface area (Å²) in [5.74, 6) is 0.349. The molecule has 1 heterocycles. The number of carbonyl (C=O) groups excluding carboxylic acids is 2. The van der Waals surface area contributed by atoms with E-state index in [4.69, 9.17) is 0 Å². The quantitative estimate of drug-likeness (QED) is 0.575. The van der Waals surface area contributed by atoms with Crippen LogP contribution in [0.5, 0.6) is 0 Å². The van der Waals surface area contributed by atoms with Gasteiger partial charge in [0.25, 0.3) is 0 Å². The fourth-order valence-corrected chi connectivity index (χ4v) is 4.31. The molecule has 1 fully saturated rings. The van der Waals surface area contributed by atoms with Crippen molar-refractivity contribution in [3.8, 4) is 0 Å². The highest BCUT2D eigenvalue weighted by atomic mass is 16.2. The Labute approximate surface area is 162 Å². The number of piperidine rings is 1. The number of rotatable bonds is 6. The molecule has 1 unspecified atom stereocenters. The Hall–Kier alpha value is -2.42. The van der Waals surface area contributed by atoms with Gasteiger partial charge in [-0.1, -0.05) is 67.1 Å². The fraction of sp³-hybridized carbons (Fsp3) is 0.417. The lowest BCUT2D eigenvalue weighted by Gasteiger charge is -2.45. The summed E-state index contributed by atoms with van der Waals surface area (Å²) in [5.41, 5.74) is 3.64. The predicted octanol–water partition coefficient (Wildman–Crippen LogP) is 4.94. The monoisotopic (exact) mass is 363 g/mol. The molecule has 1 aromatic rings. The van der Waals surface area contributed by atoms with E-state index in [-0.39, 0.29) is 17.6 Å². The highest BCUT2D eigenvalue weighted by Crippen LogP contribution is 2.40. The summed E-state index contributed by atoms with van der Waals surface area (Å²) in [6.45, 7) is 8.45. The zero-order valence-corrected chi connectivity index (χ0v) is 16.4. The molecule has 3 heteroatoms. The number of allylic oxidation sites excluding steroid dienone is 3. The standard InChI is InChI=1S/C24H29NO2/c1-4-19-7-5-6-8-21(19)22(26)15-16-24(18(3)11-14-23(27)25-24)20-12-9-17(2)10-13-20/h5-10,12,20H,3-4,11,13-16H2,1-2H3,(H,25,27)/t20?,24-/m0/s1. The topological polar surface area (TPSA) is 46.2 Å². The van der Waals surface area contributed by atoms with E-state index < -0.39 is 5.54 Å². The maximum absolute atomic E-state index is 13.0. The Morgan fingerprint density at radius 1 is 1.30 bits per heavy atom. The van der Waals surface area contributed by atoms with Gasteiger partial charge in [-0.15, -0.1) is 0 Å². The van der Waals surface area contributed by atoms with Crippen molar-refractivity contribution in [2.45, 2.75) is 57.9 Å². The largest absolute Gasteiger partial charge is 0.346 e. The highest BCUT2D eigenvalue weighted by molar-refractivity contribution is 5.97. The van der Waals surface area contributed by atoms with Crippen LogP contribution in [0.25, 0.3) is 0 Å². The van der Waals surface area contributed by atoms with Crippen LogP contribution in [-0.4, -0.2) is 17.2 Å². The average Bonchev–Trinajstić information content (AvgIpc) is 2.69. The number of Topliss-reactive ketones (excluding diaryl/α,β-unsaturated/α-hetero) is 1. The number of nitrogens with one attached hydrogen (secondary N) is 1. The predicted molar refractivity (Wildman–Crippen MR) is 110 cm³/mol. The average molecular weight is 364 g/mol. The van der Waals surface area contributed by atoms with E-state index >= 15 is 0 Å². The third kappa shape index (κ3) is 3.97. The molecule has 0 radical (unpaired) electrons. The van der Waals surface area contributed by atoms with Crippen LogP contribution in [0.3, 0.4) is 0 Å². The van der Waals surface area contributed by atoms with Gasteiger partial charge in [0.1, 0.15) is 0 Å². The minimum Gasteiger partial charge on any atom is -0.346 e. The second-order valence-corrected chi connectivity index (χ2v) is 7.71. The molecule has 0 saturated carbocycles. The molecule has 27 heavy (non-hydrogen) atoms. The third-order valence-corrected chi connectivity index (χ3v) is 6.01. The van der Waals surface area contributed by atoms with E-state index in [1.165, 1.54) is 5.57 Å². The van der Waals surface area contributed by atoms with Crippen molar-refractivity contribution in [2.24, 2.45) is 5.92 Å². The zero-order valence-electron chi connectivity index (χ0n) is 16.4. The Balaban J connectivity index is 1.84. The van der Waals surface area contributed by atoms with Crippen LogP contribution in [-0.2, 0) is 11.2 Å². The van der Waals surface area contributed by atoms with Crippen LogP contribution in [0.15, 0.2) is 60.2 Å². The smallest absolute Gasteiger partial charge is 0.221 e. The van der Waals surface area contributed by atoms with Crippen molar-refractivity contribution < 1.29 is 9.59 Å². The number of hydrogen-bond acceptors (Lipinski definition) is 2. The summed E-state index contributed by atoms with van der Waals surface area (Å²) in [7, 11) is 0. The first-order valence-electron chi connectivity index (χ1n) is 9.91. The number of amides is 1. The second-order valence-electron chi connectivity index (χ2n) is 7.71. The first-order valence-corrected chi connectivity index (χ1v) is 9.91. The molecule has 2 aliphatic rings. The van der Waals surface area contributed by atoms with Crippen molar-refractivity contribution in [1.29, 1.82) is 0 Å². The zero-order chi connectivity index (χ0) is 19.4. The maximum atomic E-state index is 13.0. The maximum Gasteiger partial charge on any atom is 0.221 e. The summed E-state index contributed by atoms with van der Waals surface area (Å²) in [4.78, 5) is 25.2. The number of carbonyl (C=O) groups is 2. The minimum atomic E-state index is -0.528. The molecule has 1 amide bonds. The van der Waals surface area contributed by atoms with Crippen molar-refractivity contribution in [2.75, 3.05) is 0 Å².